The van der Waals surface area contributed by atoms with Crippen LogP contribution in [0, 0.1) is 0 Å². The van der Waals surface area contributed by atoms with Crippen molar-refractivity contribution in [2.24, 2.45) is 0 Å². The highest BCUT2D eigenvalue weighted by Crippen LogP contribution is 2.31. The van der Waals surface area contributed by atoms with E-state index in [2.05, 4.69) is 20.0 Å². The molecule has 0 saturated carbocycles. The van der Waals surface area contributed by atoms with Gasteiger partial charge in [-0.25, -0.2) is 9.97 Å². The van der Waals surface area contributed by atoms with Gasteiger partial charge in [0.1, 0.15) is 0 Å². The minimum Gasteiger partial charge on any atom is -0.356 e. The van der Waals surface area contributed by atoms with E-state index in [1.807, 2.05) is 36.4 Å². The maximum atomic E-state index is 12.8. The maximum absolute atomic E-state index is 12.8. The average molecular weight is 436 g/mol. The van der Waals surface area contributed by atoms with Crippen molar-refractivity contribution < 1.29 is 17.7 Å². The van der Waals surface area contributed by atoms with Crippen LogP contribution in [-0.4, -0.2) is 26.6 Å². The van der Waals surface area contributed by atoms with Crippen LogP contribution < -0.4 is 0 Å². The molecule has 0 fully saturated rings. The van der Waals surface area contributed by atoms with E-state index >= 15 is 0 Å². The molecular formula is C24H19F3N4O. The fraction of sp³-hybridized carbons (Fsp3) is 0.208. The third-order valence-electron chi connectivity index (χ3n) is 5.49. The lowest BCUT2D eigenvalue weighted by molar-refractivity contribution is -0.137. The first-order valence-corrected chi connectivity index (χ1v) is 10.2. The van der Waals surface area contributed by atoms with Crippen LogP contribution in [0.15, 0.2) is 71.4 Å². The van der Waals surface area contributed by atoms with Gasteiger partial charge in [-0.3, -0.25) is 4.90 Å². The van der Waals surface area contributed by atoms with Crippen molar-refractivity contribution in [2.45, 2.75) is 25.7 Å². The summed E-state index contributed by atoms with van der Waals surface area (Å²) in [6.07, 6.45) is -1.86. The number of halogens is 3. The van der Waals surface area contributed by atoms with Gasteiger partial charge in [0.05, 0.1) is 17.0 Å². The number of rotatable bonds is 4. The van der Waals surface area contributed by atoms with Crippen LogP contribution in [0.2, 0.25) is 0 Å². The van der Waals surface area contributed by atoms with E-state index in [-0.39, 0.29) is 0 Å². The third kappa shape index (κ3) is 4.27. The molecule has 0 radical (unpaired) electrons. The second-order valence-corrected chi connectivity index (χ2v) is 7.75. The molecule has 1 aliphatic rings. The van der Waals surface area contributed by atoms with Gasteiger partial charge in [-0.1, -0.05) is 47.6 Å². The van der Waals surface area contributed by atoms with E-state index < -0.39 is 11.7 Å². The summed E-state index contributed by atoms with van der Waals surface area (Å²) in [5.41, 5.74) is 3.67. The number of nitrogens with zero attached hydrogens (tertiary/aromatic N) is 4. The van der Waals surface area contributed by atoms with E-state index in [1.165, 1.54) is 12.1 Å². The highest BCUT2D eigenvalue weighted by atomic mass is 19.4. The second kappa shape index (κ2) is 8.20. The van der Waals surface area contributed by atoms with Gasteiger partial charge in [0.15, 0.2) is 11.6 Å². The van der Waals surface area contributed by atoms with Gasteiger partial charge in [0.2, 0.25) is 0 Å². The molecule has 0 spiro atoms. The van der Waals surface area contributed by atoms with Gasteiger partial charge in [-0.2, -0.15) is 13.2 Å². The first-order chi connectivity index (χ1) is 15.5. The molecule has 0 saturated heterocycles. The molecule has 0 atom stereocenters. The molecule has 0 N–H and O–H groups in total. The molecular weight excluding hydrogens is 417 g/mol. The monoisotopic (exact) mass is 436 g/mol. The number of aromatic nitrogens is 3. The SMILES string of the molecule is FC(F)(F)c1ccc(-c2ncc3c(n2)CCN(Cc2cc(-c4ccccc4)on2)C3)cc1. The van der Waals surface area contributed by atoms with E-state index in [9.17, 15) is 13.2 Å². The zero-order valence-corrected chi connectivity index (χ0v) is 17.0. The number of alkyl halides is 3. The van der Waals surface area contributed by atoms with Crippen molar-refractivity contribution in [2.75, 3.05) is 6.54 Å². The topological polar surface area (TPSA) is 55.1 Å². The van der Waals surface area contributed by atoms with E-state index in [4.69, 9.17) is 4.52 Å². The zero-order valence-electron chi connectivity index (χ0n) is 17.0. The Kier molecular flexibility index (Phi) is 5.22. The summed E-state index contributed by atoms with van der Waals surface area (Å²) >= 11 is 0. The molecule has 0 amide bonds. The van der Waals surface area contributed by atoms with Crippen LogP contribution in [0.3, 0.4) is 0 Å². The predicted molar refractivity (Wildman–Crippen MR) is 112 cm³/mol. The lowest BCUT2D eigenvalue weighted by Gasteiger charge is -2.27. The molecule has 8 heteroatoms. The van der Waals surface area contributed by atoms with Crippen molar-refractivity contribution in [3.05, 3.63) is 89.4 Å². The van der Waals surface area contributed by atoms with Crippen LogP contribution in [0.5, 0.6) is 0 Å². The fourth-order valence-electron chi connectivity index (χ4n) is 3.81. The lowest BCUT2D eigenvalue weighted by atomic mass is 10.1. The van der Waals surface area contributed by atoms with Crippen LogP contribution in [0.25, 0.3) is 22.7 Å². The lowest BCUT2D eigenvalue weighted by Crippen LogP contribution is -2.31. The Labute approximate surface area is 182 Å². The second-order valence-electron chi connectivity index (χ2n) is 7.75. The van der Waals surface area contributed by atoms with Gasteiger partial charge < -0.3 is 4.52 Å². The summed E-state index contributed by atoms with van der Waals surface area (Å²) < 4.78 is 43.8. The molecule has 4 aromatic rings. The van der Waals surface area contributed by atoms with Gasteiger partial charge in [-0.05, 0) is 12.1 Å². The van der Waals surface area contributed by atoms with Crippen LogP contribution in [0.4, 0.5) is 13.2 Å². The third-order valence-corrected chi connectivity index (χ3v) is 5.49. The molecule has 0 unspecified atom stereocenters. The fourth-order valence-corrected chi connectivity index (χ4v) is 3.81. The highest BCUT2D eigenvalue weighted by molar-refractivity contribution is 5.57. The quantitative estimate of drug-likeness (QED) is 0.430. The van der Waals surface area contributed by atoms with Gasteiger partial charge in [0, 0.05) is 55.0 Å². The Hall–Kier alpha value is -3.52. The molecule has 32 heavy (non-hydrogen) atoms. The van der Waals surface area contributed by atoms with E-state index in [0.29, 0.717) is 24.5 Å². The first kappa shape index (κ1) is 20.4. The Morgan fingerprint density at radius 1 is 0.969 bits per heavy atom. The zero-order chi connectivity index (χ0) is 22.1. The average Bonchev–Trinajstić information content (AvgIpc) is 3.27. The molecule has 3 heterocycles. The Morgan fingerprint density at radius 2 is 1.75 bits per heavy atom. The normalized spacial score (nSPS) is 14.3. The molecule has 5 nitrogen and oxygen atoms in total. The predicted octanol–water partition coefficient (Wildman–Crippen LogP) is 5.38. The van der Waals surface area contributed by atoms with Gasteiger partial charge >= 0.3 is 6.18 Å². The largest absolute Gasteiger partial charge is 0.416 e. The van der Waals surface area contributed by atoms with Crippen LogP contribution in [-0.2, 0) is 25.7 Å². The van der Waals surface area contributed by atoms with Crippen LogP contribution in [0.1, 0.15) is 22.5 Å². The number of hydrogen-bond donors (Lipinski definition) is 0. The first-order valence-electron chi connectivity index (χ1n) is 10.2. The van der Waals surface area contributed by atoms with Gasteiger partial charge in [0.25, 0.3) is 0 Å². The molecule has 5 rings (SSSR count). The summed E-state index contributed by atoms with van der Waals surface area (Å²) in [4.78, 5) is 11.2. The van der Waals surface area contributed by atoms with Crippen molar-refractivity contribution in [1.29, 1.82) is 0 Å². The molecule has 0 bridgehead atoms. The molecule has 2 aromatic heterocycles. The summed E-state index contributed by atoms with van der Waals surface area (Å²) in [6.45, 7) is 2.12. The highest BCUT2D eigenvalue weighted by Gasteiger charge is 2.30. The Morgan fingerprint density at radius 3 is 2.50 bits per heavy atom. The maximum Gasteiger partial charge on any atom is 0.416 e. The minimum atomic E-state index is -4.36. The Bertz CT molecular complexity index is 1220. The Balaban J connectivity index is 1.27. The van der Waals surface area contributed by atoms with Crippen molar-refractivity contribution in [3.63, 3.8) is 0 Å². The minimum absolute atomic E-state index is 0.440. The van der Waals surface area contributed by atoms with Crippen molar-refractivity contribution in [3.8, 4) is 22.7 Å². The molecule has 2 aromatic carbocycles. The summed E-state index contributed by atoms with van der Waals surface area (Å²) in [5, 5.41) is 4.19. The number of fused-ring (bicyclic) bond motifs is 1. The number of benzene rings is 2. The summed E-state index contributed by atoms with van der Waals surface area (Å²) in [6, 6.07) is 16.7. The summed E-state index contributed by atoms with van der Waals surface area (Å²) in [5.74, 6) is 1.18. The molecule has 0 aliphatic carbocycles. The standard InChI is InChI=1S/C24H19F3N4O/c25-24(26,27)19-8-6-17(7-9-19)23-28-13-18-14-31(11-10-21(18)29-23)15-20-12-22(32-30-20)16-4-2-1-3-5-16/h1-9,12-13H,10-11,14-15H2. The van der Waals surface area contributed by atoms with E-state index in [1.54, 1.807) is 6.20 Å². The van der Waals surface area contributed by atoms with Gasteiger partial charge in [-0.15, -0.1) is 0 Å². The number of hydrogen-bond acceptors (Lipinski definition) is 5. The smallest absolute Gasteiger partial charge is 0.356 e. The molecule has 162 valence electrons. The van der Waals surface area contributed by atoms with Crippen molar-refractivity contribution in [1.82, 2.24) is 20.0 Å². The van der Waals surface area contributed by atoms with Crippen LogP contribution >= 0.6 is 0 Å². The summed E-state index contributed by atoms with van der Waals surface area (Å²) in [7, 11) is 0. The van der Waals surface area contributed by atoms with Crippen molar-refractivity contribution >= 4 is 0 Å². The van der Waals surface area contributed by atoms with E-state index in [0.717, 1.165) is 53.4 Å². The molecule has 1 aliphatic heterocycles.